The van der Waals surface area contributed by atoms with Crippen molar-refractivity contribution >= 4 is 16.9 Å². The molecule has 1 heterocycles. The molecule has 0 amide bonds. The van der Waals surface area contributed by atoms with E-state index in [1.807, 2.05) is 10.6 Å². The second-order valence-electron chi connectivity index (χ2n) is 7.87. The van der Waals surface area contributed by atoms with E-state index >= 15 is 0 Å². The molecule has 0 aliphatic carbocycles. The summed E-state index contributed by atoms with van der Waals surface area (Å²) in [5.74, 6) is -0.147. The number of carboxylic acids is 1. The van der Waals surface area contributed by atoms with Crippen LogP contribution in [0.15, 0.2) is 29.2 Å². The van der Waals surface area contributed by atoms with Crippen molar-refractivity contribution in [3.8, 4) is 5.75 Å². The zero-order valence-electron chi connectivity index (χ0n) is 17.4. The molecule has 0 fully saturated rings. The highest BCUT2D eigenvalue weighted by Gasteiger charge is 2.15. The number of hydrogen-bond donors (Lipinski definition) is 1. The van der Waals surface area contributed by atoms with E-state index < -0.39 is 11.4 Å². The number of hydrogen-bond acceptors (Lipinski definition) is 3. The van der Waals surface area contributed by atoms with Gasteiger partial charge in [0.1, 0.15) is 11.3 Å². The average Bonchev–Trinajstić information content (AvgIpc) is 2.65. The van der Waals surface area contributed by atoms with Gasteiger partial charge in [0.2, 0.25) is 5.43 Å². The number of carboxylic acid groups (broad SMARTS) is 1. The quantitative estimate of drug-likeness (QED) is 0.489. The fourth-order valence-corrected chi connectivity index (χ4v) is 3.41. The van der Waals surface area contributed by atoms with E-state index in [-0.39, 0.29) is 5.56 Å². The molecule has 0 bridgehead atoms. The molecule has 0 spiro atoms. The van der Waals surface area contributed by atoms with Crippen LogP contribution in [-0.2, 0) is 6.54 Å². The summed E-state index contributed by atoms with van der Waals surface area (Å²) in [7, 11) is 0. The van der Waals surface area contributed by atoms with Gasteiger partial charge in [-0.2, -0.15) is 0 Å². The summed E-state index contributed by atoms with van der Waals surface area (Å²) in [4.78, 5) is 23.9. The van der Waals surface area contributed by atoms with Crippen LogP contribution in [0.2, 0.25) is 0 Å². The second-order valence-corrected chi connectivity index (χ2v) is 7.87. The highest BCUT2D eigenvalue weighted by atomic mass is 16.5. The Kier molecular flexibility index (Phi) is 8.55. The molecule has 28 heavy (non-hydrogen) atoms. The number of nitrogens with zero attached hydrogens (tertiary/aromatic N) is 1. The second kappa shape index (κ2) is 10.9. The van der Waals surface area contributed by atoms with Crippen molar-refractivity contribution in [3.05, 3.63) is 40.2 Å². The molecular formula is C23H33NO4. The Morgan fingerprint density at radius 2 is 1.79 bits per heavy atom. The molecule has 1 aromatic carbocycles. The maximum atomic E-state index is 12.5. The molecule has 154 valence electrons. The van der Waals surface area contributed by atoms with Gasteiger partial charge in [0.15, 0.2) is 0 Å². The predicted molar refractivity (Wildman–Crippen MR) is 113 cm³/mol. The number of carbonyl (C=O) groups is 1. The normalized spacial score (nSPS) is 11.3. The third-order valence-corrected chi connectivity index (χ3v) is 4.86. The molecular weight excluding hydrogens is 354 g/mol. The lowest BCUT2D eigenvalue weighted by Crippen LogP contribution is -2.20. The van der Waals surface area contributed by atoms with Crippen LogP contribution in [0.5, 0.6) is 5.75 Å². The standard InChI is InChI=1S/C23H33NO4/c1-4-5-6-7-8-9-10-13-28-18-11-12-19-21(14-18)24(15-17(2)3)16-20(22(19)25)23(26)27/h11-12,14,16-17H,4-10,13,15H2,1-3H3,(H,26,27). The van der Waals surface area contributed by atoms with Crippen LogP contribution in [0.3, 0.4) is 0 Å². The number of aromatic nitrogens is 1. The van der Waals surface area contributed by atoms with Crippen molar-refractivity contribution < 1.29 is 14.6 Å². The molecule has 1 N–H and O–H groups in total. The number of rotatable bonds is 12. The topological polar surface area (TPSA) is 68.5 Å². The molecule has 1 aromatic heterocycles. The van der Waals surface area contributed by atoms with Gasteiger partial charge < -0.3 is 14.4 Å². The van der Waals surface area contributed by atoms with E-state index in [1.165, 1.54) is 38.3 Å². The maximum Gasteiger partial charge on any atom is 0.341 e. The van der Waals surface area contributed by atoms with Crippen molar-refractivity contribution in [2.24, 2.45) is 5.92 Å². The van der Waals surface area contributed by atoms with Gasteiger partial charge in [-0.25, -0.2) is 4.79 Å². The summed E-state index contributed by atoms with van der Waals surface area (Å²) in [5, 5.41) is 9.76. The summed E-state index contributed by atoms with van der Waals surface area (Å²) < 4.78 is 7.74. The first kappa shape index (κ1) is 22.0. The van der Waals surface area contributed by atoms with Gasteiger partial charge in [-0.15, -0.1) is 0 Å². The molecule has 0 saturated carbocycles. The van der Waals surface area contributed by atoms with E-state index in [0.717, 1.165) is 24.1 Å². The van der Waals surface area contributed by atoms with Crippen LogP contribution in [0.25, 0.3) is 10.9 Å². The summed E-state index contributed by atoms with van der Waals surface area (Å²) in [5.41, 5.74) is 0.0896. The number of aromatic carboxylic acids is 1. The van der Waals surface area contributed by atoms with Crippen LogP contribution in [0.1, 0.15) is 76.1 Å². The number of benzene rings is 1. The lowest BCUT2D eigenvalue weighted by molar-refractivity contribution is 0.0694. The fraction of sp³-hybridized carbons (Fsp3) is 0.565. The van der Waals surface area contributed by atoms with Crippen LogP contribution in [0, 0.1) is 5.92 Å². The monoisotopic (exact) mass is 387 g/mol. The molecule has 0 saturated heterocycles. The Morgan fingerprint density at radius 3 is 2.43 bits per heavy atom. The first-order valence-electron chi connectivity index (χ1n) is 10.5. The molecule has 0 radical (unpaired) electrons. The van der Waals surface area contributed by atoms with Crippen molar-refractivity contribution in [2.45, 2.75) is 72.3 Å². The maximum absolute atomic E-state index is 12.5. The number of ether oxygens (including phenoxy) is 1. The van der Waals surface area contributed by atoms with Crippen LogP contribution >= 0.6 is 0 Å². The summed E-state index contributed by atoms with van der Waals surface area (Å²) in [6, 6.07) is 5.29. The van der Waals surface area contributed by atoms with Gasteiger partial charge >= 0.3 is 5.97 Å². The summed E-state index contributed by atoms with van der Waals surface area (Å²) in [6.07, 6.45) is 10.1. The van der Waals surface area contributed by atoms with Gasteiger partial charge in [0.05, 0.1) is 12.1 Å². The Balaban J connectivity index is 2.09. The molecule has 0 atom stereocenters. The van der Waals surface area contributed by atoms with Gasteiger partial charge in [-0.05, 0) is 24.5 Å². The zero-order chi connectivity index (χ0) is 20.5. The molecule has 5 nitrogen and oxygen atoms in total. The summed E-state index contributed by atoms with van der Waals surface area (Å²) >= 11 is 0. The Bertz CT molecular complexity index is 838. The Morgan fingerprint density at radius 1 is 1.11 bits per heavy atom. The summed E-state index contributed by atoms with van der Waals surface area (Å²) in [6.45, 7) is 7.64. The molecule has 0 unspecified atom stereocenters. The molecule has 5 heteroatoms. The van der Waals surface area contributed by atoms with Crippen molar-refractivity contribution in [1.82, 2.24) is 4.57 Å². The van der Waals surface area contributed by atoms with E-state index in [4.69, 9.17) is 4.74 Å². The highest BCUT2D eigenvalue weighted by molar-refractivity contribution is 5.92. The minimum Gasteiger partial charge on any atom is -0.494 e. The number of fused-ring (bicyclic) bond motifs is 1. The zero-order valence-corrected chi connectivity index (χ0v) is 17.4. The Hall–Kier alpha value is -2.30. The first-order valence-corrected chi connectivity index (χ1v) is 10.5. The smallest absolute Gasteiger partial charge is 0.341 e. The molecule has 0 aliphatic rings. The predicted octanol–water partition coefficient (Wildman–Crippen LogP) is 5.49. The van der Waals surface area contributed by atoms with Gasteiger partial charge in [-0.3, -0.25) is 4.79 Å². The fourth-order valence-electron chi connectivity index (χ4n) is 3.41. The van der Waals surface area contributed by atoms with Crippen molar-refractivity contribution in [2.75, 3.05) is 6.61 Å². The van der Waals surface area contributed by atoms with E-state index in [9.17, 15) is 14.7 Å². The van der Waals surface area contributed by atoms with Crippen LogP contribution < -0.4 is 10.2 Å². The largest absolute Gasteiger partial charge is 0.494 e. The van der Waals surface area contributed by atoms with Crippen molar-refractivity contribution in [1.29, 1.82) is 0 Å². The molecule has 2 aromatic rings. The molecule has 0 aliphatic heterocycles. The van der Waals surface area contributed by atoms with Gasteiger partial charge in [-0.1, -0.05) is 59.3 Å². The number of unbranched alkanes of at least 4 members (excludes halogenated alkanes) is 6. The highest BCUT2D eigenvalue weighted by Crippen LogP contribution is 2.21. The van der Waals surface area contributed by atoms with E-state index in [0.29, 0.717) is 24.5 Å². The lowest BCUT2D eigenvalue weighted by Gasteiger charge is -2.15. The van der Waals surface area contributed by atoms with Gasteiger partial charge in [0, 0.05) is 24.2 Å². The SMILES string of the molecule is CCCCCCCCCOc1ccc2c(=O)c(C(=O)O)cn(CC(C)C)c2c1. The number of pyridine rings is 1. The minimum atomic E-state index is -1.19. The van der Waals surface area contributed by atoms with E-state index in [1.54, 1.807) is 12.1 Å². The van der Waals surface area contributed by atoms with Gasteiger partial charge in [0.25, 0.3) is 0 Å². The van der Waals surface area contributed by atoms with Crippen molar-refractivity contribution in [3.63, 3.8) is 0 Å². The van der Waals surface area contributed by atoms with Crippen LogP contribution in [0.4, 0.5) is 0 Å². The Labute approximate surface area is 167 Å². The third kappa shape index (κ3) is 6.11. The third-order valence-electron chi connectivity index (χ3n) is 4.86. The lowest BCUT2D eigenvalue weighted by atomic mass is 10.1. The average molecular weight is 388 g/mol. The first-order chi connectivity index (χ1) is 13.4. The minimum absolute atomic E-state index is 0.190. The van der Waals surface area contributed by atoms with Crippen LogP contribution in [-0.4, -0.2) is 22.2 Å². The molecule has 2 rings (SSSR count). The van der Waals surface area contributed by atoms with E-state index in [2.05, 4.69) is 20.8 Å².